The van der Waals surface area contributed by atoms with Crippen LogP contribution in [-0.2, 0) is 0 Å². The number of ether oxygens (including phenoxy) is 1. The topological polar surface area (TPSA) is 39.2 Å². The van der Waals surface area contributed by atoms with E-state index in [9.17, 15) is 18.0 Å². The first-order valence-corrected chi connectivity index (χ1v) is 5.69. The third-order valence-corrected chi connectivity index (χ3v) is 2.58. The van der Waals surface area contributed by atoms with Gasteiger partial charge < -0.3 is 4.74 Å². The second kappa shape index (κ2) is 4.77. The number of carbonyl (C=O) groups is 1. The Balaban J connectivity index is 2.25. The summed E-state index contributed by atoms with van der Waals surface area (Å²) in [6.07, 6.45) is -4.78. The van der Waals surface area contributed by atoms with Crippen molar-refractivity contribution in [3.05, 3.63) is 46.4 Å². The number of aromatic nitrogens is 1. The number of carbonyl (C=O) groups excluding carboxylic acids is 1. The van der Waals surface area contributed by atoms with Crippen LogP contribution in [0.4, 0.5) is 13.2 Å². The summed E-state index contributed by atoms with van der Waals surface area (Å²) in [4.78, 5) is 15.6. The first kappa shape index (κ1) is 12.6. The Kier molecular flexibility index (Phi) is 3.33. The van der Waals surface area contributed by atoms with E-state index in [1.165, 1.54) is 34.4 Å². The predicted molar refractivity (Wildman–Crippen MR) is 58.7 cm³/mol. The van der Waals surface area contributed by atoms with Crippen LogP contribution in [0.2, 0.25) is 0 Å². The molecule has 0 saturated carbocycles. The lowest BCUT2D eigenvalue weighted by Gasteiger charge is -2.09. The molecule has 0 amide bonds. The molecule has 2 aromatic rings. The average Bonchev–Trinajstić information content (AvgIpc) is 2.79. The van der Waals surface area contributed by atoms with Crippen molar-refractivity contribution in [3.63, 3.8) is 0 Å². The fourth-order valence-electron chi connectivity index (χ4n) is 1.31. The number of ketones is 1. The zero-order valence-electron chi connectivity index (χ0n) is 8.77. The van der Waals surface area contributed by atoms with Gasteiger partial charge in [-0.2, -0.15) is 0 Å². The standard InChI is InChI=1S/C11H6F3NO2S/c12-11(13,14)17-8-3-1-2-7(4-8)10(16)9-5-18-6-15-9/h1-6H. The van der Waals surface area contributed by atoms with Crippen molar-refractivity contribution in [3.8, 4) is 5.75 Å². The Labute approximate surface area is 104 Å². The summed E-state index contributed by atoms with van der Waals surface area (Å²) in [6, 6.07) is 4.89. The minimum atomic E-state index is -4.78. The van der Waals surface area contributed by atoms with Crippen LogP contribution in [0.25, 0.3) is 0 Å². The molecule has 0 fully saturated rings. The van der Waals surface area contributed by atoms with Crippen LogP contribution >= 0.6 is 11.3 Å². The van der Waals surface area contributed by atoms with E-state index in [0.29, 0.717) is 0 Å². The van der Waals surface area contributed by atoms with Crippen LogP contribution in [0.1, 0.15) is 16.1 Å². The molecule has 0 radical (unpaired) electrons. The van der Waals surface area contributed by atoms with Crippen LogP contribution in [0.15, 0.2) is 35.2 Å². The Bertz CT molecular complexity index is 552. The van der Waals surface area contributed by atoms with Crippen molar-refractivity contribution in [1.82, 2.24) is 4.98 Å². The van der Waals surface area contributed by atoms with E-state index >= 15 is 0 Å². The molecule has 0 N–H and O–H groups in total. The highest BCUT2D eigenvalue weighted by Gasteiger charge is 2.31. The Hall–Kier alpha value is -1.89. The number of benzene rings is 1. The van der Waals surface area contributed by atoms with E-state index in [1.807, 2.05) is 0 Å². The number of halogens is 3. The van der Waals surface area contributed by atoms with Gasteiger partial charge in [0.25, 0.3) is 0 Å². The molecule has 0 saturated heterocycles. The van der Waals surface area contributed by atoms with Gasteiger partial charge in [0.15, 0.2) is 0 Å². The monoisotopic (exact) mass is 273 g/mol. The SMILES string of the molecule is O=C(c1cccc(OC(F)(F)F)c1)c1cscn1. The lowest BCUT2D eigenvalue weighted by molar-refractivity contribution is -0.274. The summed E-state index contributed by atoms with van der Waals surface area (Å²) < 4.78 is 39.8. The van der Waals surface area contributed by atoms with E-state index in [1.54, 1.807) is 0 Å². The number of hydrogen-bond acceptors (Lipinski definition) is 4. The first-order valence-electron chi connectivity index (χ1n) is 4.74. The second-order valence-corrected chi connectivity index (χ2v) is 4.00. The van der Waals surface area contributed by atoms with Gasteiger partial charge in [-0.1, -0.05) is 12.1 Å². The van der Waals surface area contributed by atoms with Crippen LogP contribution < -0.4 is 4.74 Å². The third kappa shape index (κ3) is 3.07. The fraction of sp³-hybridized carbons (Fsp3) is 0.0909. The number of alkyl halides is 3. The molecule has 0 unspecified atom stereocenters. The highest BCUT2D eigenvalue weighted by Crippen LogP contribution is 2.24. The van der Waals surface area contributed by atoms with Crippen LogP contribution in [-0.4, -0.2) is 17.1 Å². The first-order chi connectivity index (χ1) is 8.46. The maximum absolute atomic E-state index is 12.0. The molecule has 7 heteroatoms. The smallest absolute Gasteiger partial charge is 0.406 e. The van der Waals surface area contributed by atoms with Gasteiger partial charge in [-0.15, -0.1) is 24.5 Å². The number of hydrogen-bond donors (Lipinski definition) is 0. The van der Waals surface area contributed by atoms with E-state index in [4.69, 9.17) is 0 Å². The summed E-state index contributed by atoms with van der Waals surface area (Å²) in [6.45, 7) is 0. The van der Waals surface area contributed by atoms with Gasteiger partial charge in [0.1, 0.15) is 11.4 Å². The molecule has 94 valence electrons. The molecular formula is C11H6F3NO2S. The van der Waals surface area contributed by atoms with Crippen molar-refractivity contribution in [1.29, 1.82) is 0 Å². The van der Waals surface area contributed by atoms with Crippen LogP contribution in [0, 0.1) is 0 Å². The van der Waals surface area contributed by atoms with Crippen molar-refractivity contribution < 1.29 is 22.7 Å². The van der Waals surface area contributed by atoms with Crippen molar-refractivity contribution in [2.24, 2.45) is 0 Å². The number of rotatable bonds is 3. The van der Waals surface area contributed by atoms with Crippen LogP contribution in [0.5, 0.6) is 5.75 Å². The normalized spacial score (nSPS) is 11.3. The minimum Gasteiger partial charge on any atom is -0.406 e. The second-order valence-electron chi connectivity index (χ2n) is 3.28. The lowest BCUT2D eigenvalue weighted by atomic mass is 10.1. The quantitative estimate of drug-likeness (QED) is 0.806. The highest BCUT2D eigenvalue weighted by atomic mass is 32.1. The summed E-state index contributed by atoms with van der Waals surface area (Å²) in [5.74, 6) is -0.868. The summed E-state index contributed by atoms with van der Waals surface area (Å²) >= 11 is 1.23. The maximum Gasteiger partial charge on any atom is 0.573 e. The Morgan fingerprint density at radius 2 is 2.11 bits per heavy atom. The zero-order chi connectivity index (χ0) is 13.2. The molecule has 2 rings (SSSR count). The van der Waals surface area contributed by atoms with E-state index in [0.717, 1.165) is 12.1 Å². The van der Waals surface area contributed by atoms with Crippen LogP contribution in [0.3, 0.4) is 0 Å². The predicted octanol–water partition coefficient (Wildman–Crippen LogP) is 3.27. The molecule has 0 aliphatic rings. The van der Waals surface area contributed by atoms with Crippen molar-refractivity contribution in [2.45, 2.75) is 6.36 Å². The van der Waals surface area contributed by atoms with Gasteiger partial charge in [0.2, 0.25) is 5.78 Å². The molecule has 1 aromatic heterocycles. The average molecular weight is 273 g/mol. The van der Waals surface area contributed by atoms with Crippen molar-refractivity contribution >= 4 is 17.1 Å². The fourth-order valence-corrected chi connectivity index (χ4v) is 1.84. The minimum absolute atomic E-state index is 0.0997. The number of thiazole rings is 1. The Morgan fingerprint density at radius 1 is 1.33 bits per heavy atom. The third-order valence-electron chi connectivity index (χ3n) is 1.99. The van der Waals surface area contributed by atoms with Gasteiger partial charge >= 0.3 is 6.36 Å². The zero-order valence-corrected chi connectivity index (χ0v) is 9.59. The molecule has 0 bridgehead atoms. The van der Waals surface area contributed by atoms with E-state index in [2.05, 4.69) is 9.72 Å². The molecular weight excluding hydrogens is 267 g/mol. The summed E-state index contributed by atoms with van der Waals surface area (Å²) in [5.41, 5.74) is 1.77. The van der Waals surface area contributed by atoms with Gasteiger partial charge in [0, 0.05) is 10.9 Å². The molecule has 0 aliphatic carbocycles. The van der Waals surface area contributed by atoms with Gasteiger partial charge in [-0.25, -0.2) is 4.98 Å². The summed E-state index contributed by atoms with van der Waals surface area (Å²) in [7, 11) is 0. The summed E-state index contributed by atoms with van der Waals surface area (Å²) in [5, 5.41) is 1.53. The number of nitrogens with zero attached hydrogens (tertiary/aromatic N) is 1. The van der Waals surface area contributed by atoms with Gasteiger partial charge in [0.05, 0.1) is 5.51 Å². The molecule has 0 spiro atoms. The maximum atomic E-state index is 12.0. The van der Waals surface area contributed by atoms with E-state index in [-0.39, 0.29) is 11.3 Å². The highest BCUT2D eigenvalue weighted by molar-refractivity contribution is 7.07. The molecule has 1 aromatic carbocycles. The van der Waals surface area contributed by atoms with Crippen molar-refractivity contribution in [2.75, 3.05) is 0 Å². The Morgan fingerprint density at radius 3 is 2.72 bits per heavy atom. The lowest BCUT2D eigenvalue weighted by Crippen LogP contribution is -2.17. The molecule has 0 aliphatic heterocycles. The molecule has 1 heterocycles. The van der Waals surface area contributed by atoms with Gasteiger partial charge in [-0.05, 0) is 12.1 Å². The largest absolute Gasteiger partial charge is 0.573 e. The molecule has 0 atom stereocenters. The van der Waals surface area contributed by atoms with E-state index < -0.39 is 17.9 Å². The molecule has 18 heavy (non-hydrogen) atoms. The van der Waals surface area contributed by atoms with Gasteiger partial charge in [-0.3, -0.25) is 4.79 Å². The molecule has 3 nitrogen and oxygen atoms in total.